The monoisotopic (exact) mass is 362 g/mol. The number of aromatic nitrogens is 1. The fourth-order valence-corrected chi connectivity index (χ4v) is 4.05. The summed E-state index contributed by atoms with van der Waals surface area (Å²) in [5.41, 5.74) is 2.74. The first-order chi connectivity index (χ1) is 13.1. The number of carbonyl (C=O) groups excluding carboxylic acids is 2. The highest BCUT2D eigenvalue weighted by atomic mass is 16.2. The maximum Gasteiger partial charge on any atom is 0.226 e. The quantitative estimate of drug-likeness (QED) is 0.696. The van der Waals surface area contributed by atoms with Crippen LogP contribution in [0.2, 0.25) is 0 Å². The van der Waals surface area contributed by atoms with Crippen molar-refractivity contribution in [3.05, 3.63) is 71.9 Å². The number of benzene rings is 2. The number of para-hydroxylation sites is 1. The number of Topliss-reactive ketones (excluding diaryl/α,β-unsaturated/α-hetero) is 1. The van der Waals surface area contributed by atoms with Crippen LogP contribution in [0.15, 0.2) is 60.8 Å². The number of nitrogens with zero attached hydrogens (tertiary/aromatic N) is 1. The summed E-state index contributed by atoms with van der Waals surface area (Å²) >= 11 is 0. The van der Waals surface area contributed by atoms with E-state index in [4.69, 9.17) is 0 Å². The predicted molar refractivity (Wildman–Crippen MR) is 105 cm³/mol. The summed E-state index contributed by atoms with van der Waals surface area (Å²) in [5.74, 6) is 0.234. The maximum absolute atomic E-state index is 13.6. The van der Waals surface area contributed by atoms with Crippen LogP contribution in [0.4, 0.5) is 0 Å². The molecular weight excluding hydrogens is 338 g/mol. The van der Waals surface area contributed by atoms with E-state index in [0.717, 1.165) is 35.1 Å². The van der Waals surface area contributed by atoms with Crippen LogP contribution in [0.1, 0.15) is 28.9 Å². The Morgan fingerprint density at radius 2 is 1.67 bits per heavy atom. The Morgan fingerprint density at radius 1 is 1.00 bits per heavy atom. The summed E-state index contributed by atoms with van der Waals surface area (Å²) in [7, 11) is 0. The Bertz CT molecular complexity index is 956. The maximum atomic E-state index is 13.6. The molecule has 0 aliphatic carbocycles. The summed E-state index contributed by atoms with van der Waals surface area (Å²) in [6, 6.07) is 17.6. The average molecular weight is 362 g/mol. The van der Waals surface area contributed by atoms with Crippen molar-refractivity contribution in [1.29, 1.82) is 0 Å². The van der Waals surface area contributed by atoms with Crippen molar-refractivity contribution in [2.75, 3.05) is 26.2 Å². The standard InChI is InChI=1S/C22H23N3O2/c1-16(26)24-11-13-25(14-12-24)21(17-7-3-2-4-8-17)22(27)19-15-23-20-10-6-5-9-18(19)20/h2-10,15,21,23H,11-14H2,1H3/p+1/t21-/m0/s1. The normalized spacial score (nSPS) is 16.4. The van der Waals surface area contributed by atoms with E-state index >= 15 is 0 Å². The highest BCUT2D eigenvalue weighted by Gasteiger charge is 2.36. The molecule has 0 spiro atoms. The second kappa shape index (κ2) is 7.37. The van der Waals surface area contributed by atoms with E-state index in [9.17, 15) is 9.59 Å². The minimum atomic E-state index is -0.264. The lowest BCUT2D eigenvalue weighted by Gasteiger charge is -2.35. The van der Waals surface area contributed by atoms with Crippen molar-refractivity contribution < 1.29 is 14.5 Å². The molecule has 4 rings (SSSR count). The molecule has 2 aromatic carbocycles. The van der Waals surface area contributed by atoms with Crippen molar-refractivity contribution in [1.82, 2.24) is 9.88 Å². The lowest BCUT2D eigenvalue weighted by Crippen LogP contribution is -3.15. The minimum Gasteiger partial charge on any atom is -0.360 e. The number of hydrogen-bond donors (Lipinski definition) is 2. The molecule has 2 N–H and O–H groups in total. The van der Waals surface area contributed by atoms with Gasteiger partial charge in [0, 0.05) is 35.2 Å². The summed E-state index contributed by atoms with van der Waals surface area (Å²) in [6.45, 7) is 4.53. The fourth-order valence-electron chi connectivity index (χ4n) is 4.05. The van der Waals surface area contributed by atoms with E-state index in [1.807, 2.05) is 65.7 Å². The third-order valence-corrected chi connectivity index (χ3v) is 5.51. The number of fused-ring (bicyclic) bond motifs is 1. The zero-order chi connectivity index (χ0) is 18.8. The second-order valence-corrected chi connectivity index (χ2v) is 7.12. The highest BCUT2D eigenvalue weighted by Crippen LogP contribution is 2.23. The number of hydrogen-bond acceptors (Lipinski definition) is 2. The molecule has 1 amide bonds. The molecule has 1 aliphatic heterocycles. The summed E-state index contributed by atoms with van der Waals surface area (Å²) in [6.07, 6.45) is 1.83. The van der Waals surface area contributed by atoms with E-state index in [-0.39, 0.29) is 17.7 Å². The van der Waals surface area contributed by atoms with Crippen LogP contribution in [0, 0.1) is 0 Å². The Labute approximate surface area is 158 Å². The number of aromatic amines is 1. The molecule has 1 fully saturated rings. The first-order valence-corrected chi connectivity index (χ1v) is 9.40. The molecule has 1 aromatic heterocycles. The van der Waals surface area contributed by atoms with Crippen LogP contribution in [0.3, 0.4) is 0 Å². The van der Waals surface area contributed by atoms with Gasteiger partial charge in [-0.3, -0.25) is 9.59 Å². The summed E-state index contributed by atoms with van der Waals surface area (Å²) < 4.78 is 0. The van der Waals surface area contributed by atoms with Gasteiger partial charge in [0.1, 0.15) is 0 Å². The van der Waals surface area contributed by atoms with E-state index < -0.39 is 0 Å². The molecule has 1 aliphatic rings. The highest BCUT2D eigenvalue weighted by molar-refractivity contribution is 6.10. The molecule has 2 heterocycles. The Kier molecular flexibility index (Phi) is 4.77. The van der Waals surface area contributed by atoms with Gasteiger partial charge in [-0.2, -0.15) is 0 Å². The molecule has 0 unspecified atom stereocenters. The van der Waals surface area contributed by atoms with Gasteiger partial charge in [0.25, 0.3) is 0 Å². The van der Waals surface area contributed by atoms with Crippen molar-refractivity contribution >= 4 is 22.6 Å². The molecule has 27 heavy (non-hydrogen) atoms. The van der Waals surface area contributed by atoms with E-state index in [0.29, 0.717) is 13.1 Å². The smallest absolute Gasteiger partial charge is 0.226 e. The fraction of sp³-hybridized carbons (Fsp3) is 0.273. The lowest BCUT2D eigenvalue weighted by atomic mass is 9.95. The van der Waals surface area contributed by atoms with Gasteiger partial charge in [0.05, 0.1) is 26.2 Å². The first-order valence-electron chi connectivity index (χ1n) is 9.40. The van der Waals surface area contributed by atoms with Crippen molar-refractivity contribution in [2.45, 2.75) is 13.0 Å². The van der Waals surface area contributed by atoms with Crippen molar-refractivity contribution in [2.24, 2.45) is 0 Å². The minimum absolute atomic E-state index is 0.105. The third kappa shape index (κ3) is 3.38. The Morgan fingerprint density at radius 3 is 2.37 bits per heavy atom. The van der Waals surface area contributed by atoms with Gasteiger partial charge in [-0.1, -0.05) is 48.5 Å². The van der Waals surface area contributed by atoms with Gasteiger partial charge in [-0.25, -0.2) is 0 Å². The van der Waals surface area contributed by atoms with Gasteiger partial charge in [0.2, 0.25) is 11.7 Å². The Hall–Kier alpha value is -2.92. The average Bonchev–Trinajstić information content (AvgIpc) is 3.13. The second-order valence-electron chi connectivity index (χ2n) is 7.12. The van der Waals surface area contributed by atoms with Crippen LogP contribution in [0.5, 0.6) is 0 Å². The topological polar surface area (TPSA) is 57.6 Å². The molecule has 1 saturated heterocycles. The third-order valence-electron chi connectivity index (χ3n) is 5.51. The molecule has 0 radical (unpaired) electrons. The number of rotatable bonds is 4. The molecule has 5 nitrogen and oxygen atoms in total. The summed E-state index contributed by atoms with van der Waals surface area (Å²) in [5, 5.41) is 0.963. The van der Waals surface area contributed by atoms with Crippen molar-refractivity contribution in [3.8, 4) is 0 Å². The number of nitrogens with one attached hydrogen (secondary N) is 2. The molecular formula is C22H24N3O2+. The predicted octanol–water partition coefficient (Wildman–Crippen LogP) is 1.84. The SMILES string of the molecule is CC(=O)N1CC[NH+]([C@H](C(=O)c2c[nH]c3ccccc23)c2ccccc2)CC1. The molecule has 3 aromatic rings. The van der Waals surface area contributed by atoms with E-state index in [2.05, 4.69) is 4.98 Å². The number of piperazine rings is 1. The van der Waals surface area contributed by atoms with Gasteiger partial charge in [-0.15, -0.1) is 0 Å². The molecule has 0 bridgehead atoms. The van der Waals surface area contributed by atoms with Crippen molar-refractivity contribution in [3.63, 3.8) is 0 Å². The number of H-pyrrole nitrogens is 1. The van der Waals surface area contributed by atoms with Gasteiger partial charge < -0.3 is 14.8 Å². The number of quaternary nitrogens is 1. The van der Waals surface area contributed by atoms with E-state index in [1.165, 1.54) is 4.90 Å². The van der Waals surface area contributed by atoms with Gasteiger partial charge in [0.15, 0.2) is 6.04 Å². The number of amides is 1. The van der Waals surface area contributed by atoms with Crippen LogP contribution < -0.4 is 4.90 Å². The van der Waals surface area contributed by atoms with Crippen LogP contribution in [0.25, 0.3) is 10.9 Å². The summed E-state index contributed by atoms with van der Waals surface area (Å²) in [4.78, 5) is 31.6. The van der Waals surface area contributed by atoms with E-state index in [1.54, 1.807) is 6.92 Å². The molecule has 138 valence electrons. The van der Waals surface area contributed by atoms with Crippen LogP contribution in [-0.4, -0.2) is 47.8 Å². The van der Waals surface area contributed by atoms with Crippen LogP contribution >= 0.6 is 0 Å². The van der Waals surface area contributed by atoms with Gasteiger partial charge >= 0.3 is 0 Å². The molecule has 1 atom stereocenters. The molecule has 0 saturated carbocycles. The zero-order valence-corrected chi connectivity index (χ0v) is 15.4. The lowest BCUT2D eigenvalue weighted by molar-refractivity contribution is -0.925. The number of carbonyl (C=O) groups is 2. The number of ketones is 1. The first kappa shape index (κ1) is 17.5. The van der Waals surface area contributed by atoms with Crippen LogP contribution in [-0.2, 0) is 4.79 Å². The Balaban J connectivity index is 1.69. The van der Waals surface area contributed by atoms with Gasteiger partial charge in [-0.05, 0) is 6.07 Å². The largest absolute Gasteiger partial charge is 0.360 e. The zero-order valence-electron chi connectivity index (χ0n) is 15.4. The molecule has 5 heteroatoms.